The molecule has 18 heavy (non-hydrogen) atoms. The Hall–Kier alpha value is -2.67. The molecule has 0 bridgehead atoms. The molecule has 0 aliphatic rings. The topological polar surface area (TPSA) is 65.8 Å². The van der Waals surface area contributed by atoms with Crippen molar-refractivity contribution < 1.29 is 4.79 Å². The van der Waals surface area contributed by atoms with Crippen molar-refractivity contribution in [3.8, 4) is 17.3 Å². The van der Waals surface area contributed by atoms with Crippen molar-refractivity contribution >= 4 is 11.6 Å². The molecule has 88 valence electrons. The highest BCUT2D eigenvalue weighted by molar-refractivity contribution is 5.89. The third-order valence-electron chi connectivity index (χ3n) is 2.38. The molecule has 0 saturated carbocycles. The van der Waals surface area contributed by atoms with Gasteiger partial charge in [0.25, 0.3) is 0 Å². The van der Waals surface area contributed by atoms with Crippen LogP contribution in [-0.2, 0) is 4.79 Å². The molecule has 0 aliphatic carbocycles. The summed E-state index contributed by atoms with van der Waals surface area (Å²) in [5.74, 6) is -0.131. The van der Waals surface area contributed by atoms with Crippen molar-refractivity contribution in [1.82, 2.24) is 4.98 Å². The van der Waals surface area contributed by atoms with Gasteiger partial charge in [0.1, 0.15) is 6.07 Å². The van der Waals surface area contributed by atoms with Gasteiger partial charge >= 0.3 is 0 Å². The summed E-state index contributed by atoms with van der Waals surface area (Å²) in [6.45, 7) is 1.45. The zero-order chi connectivity index (χ0) is 13.0. The van der Waals surface area contributed by atoms with E-state index in [2.05, 4.69) is 16.4 Å². The fourth-order valence-electron chi connectivity index (χ4n) is 1.67. The van der Waals surface area contributed by atoms with E-state index < -0.39 is 0 Å². The Balaban J connectivity index is 2.45. The molecule has 1 heterocycles. The van der Waals surface area contributed by atoms with Crippen molar-refractivity contribution in [3.05, 3.63) is 48.2 Å². The Morgan fingerprint density at radius 1 is 1.33 bits per heavy atom. The molecule has 1 aromatic carbocycles. The Morgan fingerprint density at radius 2 is 2.17 bits per heavy atom. The molecule has 0 atom stereocenters. The molecule has 0 unspecified atom stereocenters. The SMILES string of the molecule is CC(=O)Nc1cccc(-c2ncccc2C#N)c1. The summed E-state index contributed by atoms with van der Waals surface area (Å²) >= 11 is 0. The first-order valence-electron chi connectivity index (χ1n) is 5.44. The number of benzene rings is 1. The maximum absolute atomic E-state index is 11.0. The lowest BCUT2D eigenvalue weighted by Gasteiger charge is -2.06. The maximum atomic E-state index is 11.0. The second-order valence-electron chi connectivity index (χ2n) is 3.77. The van der Waals surface area contributed by atoms with Crippen LogP contribution in [0.3, 0.4) is 0 Å². The summed E-state index contributed by atoms with van der Waals surface area (Å²) in [5.41, 5.74) is 2.62. The Morgan fingerprint density at radius 3 is 2.89 bits per heavy atom. The molecule has 0 radical (unpaired) electrons. The van der Waals surface area contributed by atoms with Crippen molar-refractivity contribution in [1.29, 1.82) is 5.26 Å². The van der Waals surface area contributed by atoms with E-state index in [1.807, 2.05) is 12.1 Å². The summed E-state index contributed by atoms with van der Waals surface area (Å²) in [4.78, 5) is 15.2. The largest absolute Gasteiger partial charge is 0.326 e. The number of rotatable bonds is 2. The first-order valence-corrected chi connectivity index (χ1v) is 5.44. The lowest BCUT2D eigenvalue weighted by molar-refractivity contribution is -0.114. The number of pyridine rings is 1. The van der Waals surface area contributed by atoms with Crippen molar-refractivity contribution in [2.24, 2.45) is 0 Å². The van der Waals surface area contributed by atoms with E-state index in [1.165, 1.54) is 6.92 Å². The fraction of sp³-hybridized carbons (Fsp3) is 0.0714. The van der Waals surface area contributed by atoms with E-state index in [-0.39, 0.29) is 5.91 Å². The minimum absolute atomic E-state index is 0.131. The van der Waals surface area contributed by atoms with Gasteiger partial charge < -0.3 is 5.32 Å². The van der Waals surface area contributed by atoms with Crippen molar-refractivity contribution in [2.75, 3.05) is 5.32 Å². The average molecular weight is 237 g/mol. The molecule has 1 N–H and O–H groups in total. The average Bonchev–Trinajstić information content (AvgIpc) is 2.38. The van der Waals surface area contributed by atoms with Crippen molar-refractivity contribution in [3.63, 3.8) is 0 Å². The number of carbonyl (C=O) groups is 1. The van der Waals surface area contributed by atoms with E-state index >= 15 is 0 Å². The summed E-state index contributed by atoms with van der Waals surface area (Å²) < 4.78 is 0. The number of hydrogen-bond acceptors (Lipinski definition) is 3. The van der Waals surface area contributed by atoms with E-state index in [0.29, 0.717) is 16.9 Å². The van der Waals surface area contributed by atoms with E-state index in [4.69, 9.17) is 5.26 Å². The molecule has 0 saturated heterocycles. The maximum Gasteiger partial charge on any atom is 0.221 e. The highest BCUT2D eigenvalue weighted by Gasteiger charge is 2.06. The van der Waals surface area contributed by atoms with Crippen LogP contribution >= 0.6 is 0 Å². The minimum Gasteiger partial charge on any atom is -0.326 e. The van der Waals surface area contributed by atoms with Crippen LogP contribution in [0.5, 0.6) is 0 Å². The van der Waals surface area contributed by atoms with Gasteiger partial charge in [-0.15, -0.1) is 0 Å². The molecule has 0 aliphatic heterocycles. The highest BCUT2D eigenvalue weighted by Crippen LogP contribution is 2.23. The molecule has 4 heteroatoms. The number of anilines is 1. The van der Waals surface area contributed by atoms with Gasteiger partial charge in [0, 0.05) is 24.4 Å². The van der Waals surface area contributed by atoms with Gasteiger partial charge in [-0.1, -0.05) is 12.1 Å². The number of carbonyl (C=O) groups excluding carboxylic acids is 1. The van der Waals surface area contributed by atoms with Gasteiger partial charge in [-0.2, -0.15) is 5.26 Å². The highest BCUT2D eigenvalue weighted by atomic mass is 16.1. The zero-order valence-electron chi connectivity index (χ0n) is 9.84. The molecule has 0 spiro atoms. The molecular weight excluding hydrogens is 226 g/mol. The van der Waals surface area contributed by atoms with Crippen LogP contribution in [0.25, 0.3) is 11.3 Å². The van der Waals surface area contributed by atoms with E-state index in [1.54, 1.807) is 30.5 Å². The number of nitriles is 1. The molecule has 2 rings (SSSR count). The van der Waals surface area contributed by atoms with Crippen LogP contribution < -0.4 is 5.32 Å². The van der Waals surface area contributed by atoms with Crippen LogP contribution in [0.4, 0.5) is 5.69 Å². The molecule has 0 fully saturated rings. The summed E-state index contributed by atoms with van der Waals surface area (Å²) in [6.07, 6.45) is 1.64. The molecule has 1 amide bonds. The van der Waals surface area contributed by atoms with Crippen LogP contribution in [0.2, 0.25) is 0 Å². The number of hydrogen-bond donors (Lipinski definition) is 1. The predicted molar refractivity (Wildman–Crippen MR) is 68.7 cm³/mol. The smallest absolute Gasteiger partial charge is 0.221 e. The van der Waals surface area contributed by atoms with Crippen LogP contribution in [0, 0.1) is 11.3 Å². The Kier molecular flexibility index (Phi) is 3.35. The first-order chi connectivity index (χ1) is 8.70. The van der Waals surface area contributed by atoms with Gasteiger partial charge in [-0.3, -0.25) is 9.78 Å². The second kappa shape index (κ2) is 5.11. The summed E-state index contributed by atoms with van der Waals surface area (Å²) in [6, 6.07) is 12.8. The molecule has 2 aromatic rings. The summed E-state index contributed by atoms with van der Waals surface area (Å²) in [7, 11) is 0. The lowest BCUT2D eigenvalue weighted by Crippen LogP contribution is -2.05. The van der Waals surface area contributed by atoms with E-state index in [0.717, 1.165) is 5.56 Å². The van der Waals surface area contributed by atoms with Gasteiger partial charge in [-0.25, -0.2) is 0 Å². The lowest BCUT2D eigenvalue weighted by atomic mass is 10.1. The third-order valence-corrected chi connectivity index (χ3v) is 2.38. The molecule has 4 nitrogen and oxygen atoms in total. The summed E-state index contributed by atoms with van der Waals surface area (Å²) in [5, 5.41) is 11.7. The molecular formula is C14H11N3O. The first kappa shape index (κ1) is 11.8. The van der Waals surface area contributed by atoms with Gasteiger partial charge in [-0.05, 0) is 24.3 Å². The Bertz CT molecular complexity index is 629. The zero-order valence-corrected chi connectivity index (χ0v) is 9.84. The van der Waals surface area contributed by atoms with Gasteiger partial charge in [0.15, 0.2) is 0 Å². The van der Waals surface area contributed by atoms with Gasteiger partial charge in [0.2, 0.25) is 5.91 Å². The van der Waals surface area contributed by atoms with Crippen LogP contribution in [-0.4, -0.2) is 10.9 Å². The number of aromatic nitrogens is 1. The standard InChI is InChI=1S/C14H11N3O/c1-10(18)17-13-6-2-4-11(8-13)14-12(9-15)5-3-7-16-14/h2-8H,1H3,(H,17,18). The second-order valence-corrected chi connectivity index (χ2v) is 3.77. The molecule has 1 aromatic heterocycles. The van der Waals surface area contributed by atoms with Gasteiger partial charge in [0.05, 0.1) is 11.3 Å². The third kappa shape index (κ3) is 2.53. The fourth-order valence-corrected chi connectivity index (χ4v) is 1.67. The quantitative estimate of drug-likeness (QED) is 0.872. The van der Waals surface area contributed by atoms with Crippen LogP contribution in [0.15, 0.2) is 42.6 Å². The minimum atomic E-state index is -0.131. The Labute approximate surface area is 105 Å². The normalized spacial score (nSPS) is 9.56. The monoisotopic (exact) mass is 237 g/mol. The predicted octanol–water partition coefficient (Wildman–Crippen LogP) is 2.58. The van der Waals surface area contributed by atoms with Crippen LogP contribution in [0.1, 0.15) is 12.5 Å². The number of amides is 1. The number of nitrogens with zero attached hydrogens (tertiary/aromatic N) is 2. The van der Waals surface area contributed by atoms with E-state index in [9.17, 15) is 4.79 Å². The van der Waals surface area contributed by atoms with Crippen molar-refractivity contribution in [2.45, 2.75) is 6.92 Å². The number of nitrogens with one attached hydrogen (secondary N) is 1.